The number of hydrogen-bond donors (Lipinski definition) is 0. The van der Waals surface area contributed by atoms with Crippen molar-refractivity contribution in [2.45, 2.75) is 58.4 Å². The summed E-state index contributed by atoms with van der Waals surface area (Å²) in [6.45, 7) is 3.88. The van der Waals surface area contributed by atoms with Gasteiger partial charge < -0.3 is 4.57 Å². The van der Waals surface area contributed by atoms with E-state index in [0.29, 0.717) is 5.92 Å². The first-order valence-corrected chi connectivity index (χ1v) is 9.16. The number of Topliss-reactive ketones (excluding diaryl/α,β-unsaturated/α-hetero) is 1. The van der Waals surface area contributed by atoms with Gasteiger partial charge in [-0.1, -0.05) is 31.7 Å². The molecule has 1 aliphatic carbocycles. The number of nitrogens with zero attached hydrogens (tertiary/aromatic N) is 2. The van der Waals surface area contributed by atoms with Crippen LogP contribution in [0.5, 0.6) is 0 Å². The molecule has 0 aliphatic heterocycles. The molecule has 3 rings (SSSR count). The van der Waals surface area contributed by atoms with Crippen LogP contribution in [0.4, 0.5) is 0 Å². The number of rotatable bonds is 6. The van der Waals surface area contributed by atoms with Crippen molar-refractivity contribution in [2.75, 3.05) is 0 Å². The van der Waals surface area contributed by atoms with E-state index in [0.717, 1.165) is 36.1 Å². The Morgan fingerprint density at radius 3 is 2.60 bits per heavy atom. The van der Waals surface area contributed by atoms with Gasteiger partial charge in [0.1, 0.15) is 0 Å². The van der Waals surface area contributed by atoms with Crippen molar-refractivity contribution < 1.29 is 4.79 Å². The summed E-state index contributed by atoms with van der Waals surface area (Å²) >= 11 is 0. The van der Waals surface area contributed by atoms with Crippen LogP contribution in [0, 0.1) is 19.8 Å². The van der Waals surface area contributed by atoms with Gasteiger partial charge in [0, 0.05) is 24.2 Å². The Balaban J connectivity index is 1.85. The number of carbonyl (C=O) groups is 1. The SMILES string of the molecule is Cc1ccc(CC(=O)[C@H](CC2CCCC2)n2ccc(C)cc2=O)nc1. The van der Waals surface area contributed by atoms with Crippen molar-refractivity contribution in [1.82, 2.24) is 9.55 Å². The Morgan fingerprint density at radius 1 is 1.20 bits per heavy atom. The smallest absolute Gasteiger partial charge is 0.251 e. The summed E-state index contributed by atoms with van der Waals surface area (Å²) < 4.78 is 1.63. The number of aromatic nitrogens is 2. The lowest BCUT2D eigenvalue weighted by Crippen LogP contribution is -2.31. The third kappa shape index (κ3) is 4.44. The average molecular weight is 338 g/mol. The van der Waals surface area contributed by atoms with E-state index >= 15 is 0 Å². The van der Waals surface area contributed by atoms with Crippen LogP contribution in [0.15, 0.2) is 41.5 Å². The number of hydrogen-bond acceptors (Lipinski definition) is 3. The van der Waals surface area contributed by atoms with E-state index in [-0.39, 0.29) is 23.8 Å². The second-order valence-electron chi connectivity index (χ2n) is 7.32. The van der Waals surface area contributed by atoms with Crippen LogP contribution < -0.4 is 5.56 Å². The summed E-state index contributed by atoms with van der Waals surface area (Å²) in [6, 6.07) is 7.00. The molecule has 2 heterocycles. The van der Waals surface area contributed by atoms with Gasteiger partial charge in [-0.2, -0.15) is 0 Å². The molecule has 0 bridgehead atoms. The van der Waals surface area contributed by atoms with Crippen LogP contribution in [0.25, 0.3) is 0 Å². The van der Waals surface area contributed by atoms with E-state index in [2.05, 4.69) is 4.98 Å². The fraction of sp³-hybridized carbons (Fsp3) is 0.476. The summed E-state index contributed by atoms with van der Waals surface area (Å²) in [4.78, 5) is 29.8. The molecular weight excluding hydrogens is 312 g/mol. The Morgan fingerprint density at radius 2 is 1.96 bits per heavy atom. The molecule has 0 amide bonds. The van der Waals surface area contributed by atoms with Gasteiger partial charge in [0.15, 0.2) is 5.78 Å². The second-order valence-corrected chi connectivity index (χ2v) is 7.32. The second kappa shape index (κ2) is 7.77. The van der Waals surface area contributed by atoms with Crippen LogP contribution in [0.3, 0.4) is 0 Å². The zero-order chi connectivity index (χ0) is 17.8. The lowest BCUT2D eigenvalue weighted by molar-refractivity contribution is -0.122. The molecule has 2 aromatic heterocycles. The highest BCUT2D eigenvalue weighted by Crippen LogP contribution is 2.32. The van der Waals surface area contributed by atoms with Gasteiger partial charge in [-0.3, -0.25) is 14.6 Å². The fourth-order valence-electron chi connectivity index (χ4n) is 3.71. The van der Waals surface area contributed by atoms with Gasteiger partial charge in [-0.15, -0.1) is 0 Å². The maximum absolute atomic E-state index is 13.0. The van der Waals surface area contributed by atoms with Gasteiger partial charge >= 0.3 is 0 Å². The summed E-state index contributed by atoms with van der Waals surface area (Å²) in [5, 5.41) is 0. The summed E-state index contributed by atoms with van der Waals surface area (Å²) in [7, 11) is 0. The van der Waals surface area contributed by atoms with Gasteiger partial charge in [0.05, 0.1) is 12.5 Å². The molecule has 0 aromatic carbocycles. The van der Waals surface area contributed by atoms with E-state index in [9.17, 15) is 9.59 Å². The van der Waals surface area contributed by atoms with Crippen LogP contribution >= 0.6 is 0 Å². The van der Waals surface area contributed by atoms with Crippen molar-refractivity contribution in [3.05, 3.63) is 63.8 Å². The fourth-order valence-corrected chi connectivity index (χ4v) is 3.71. The molecule has 25 heavy (non-hydrogen) atoms. The van der Waals surface area contributed by atoms with Crippen molar-refractivity contribution in [1.29, 1.82) is 0 Å². The van der Waals surface area contributed by atoms with Crippen LogP contribution in [-0.4, -0.2) is 15.3 Å². The highest BCUT2D eigenvalue weighted by atomic mass is 16.1. The lowest BCUT2D eigenvalue weighted by Gasteiger charge is -2.22. The Labute approximate surface area is 148 Å². The molecule has 1 atom stereocenters. The topological polar surface area (TPSA) is 52.0 Å². The first kappa shape index (κ1) is 17.6. The van der Waals surface area contributed by atoms with Crippen LogP contribution in [-0.2, 0) is 11.2 Å². The molecule has 0 unspecified atom stereocenters. The molecule has 4 heteroatoms. The standard InChI is InChI=1S/C21H26N2O2/c1-15-9-10-23(21(25)11-15)19(12-17-5-3-4-6-17)20(24)13-18-8-7-16(2)14-22-18/h7-11,14,17,19H,3-6,12-13H2,1-2H3/t19-/m0/s1. The van der Waals surface area contributed by atoms with E-state index in [1.807, 2.05) is 32.0 Å². The first-order valence-electron chi connectivity index (χ1n) is 9.16. The Hall–Kier alpha value is -2.23. The lowest BCUT2D eigenvalue weighted by atomic mass is 9.93. The minimum atomic E-state index is -0.390. The number of ketones is 1. The third-order valence-electron chi connectivity index (χ3n) is 5.17. The maximum Gasteiger partial charge on any atom is 0.251 e. The first-order chi connectivity index (χ1) is 12.0. The maximum atomic E-state index is 13.0. The quantitative estimate of drug-likeness (QED) is 0.805. The van der Waals surface area contributed by atoms with Crippen molar-refractivity contribution in [2.24, 2.45) is 5.92 Å². The van der Waals surface area contributed by atoms with Crippen molar-refractivity contribution in [3.8, 4) is 0 Å². The molecule has 1 fully saturated rings. The van der Waals surface area contributed by atoms with Crippen molar-refractivity contribution >= 4 is 5.78 Å². The molecule has 0 spiro atoms. The minimum Gasteiger partial charge on any atom is -0.305 e. The van der Waals surface area contributed by atoms with Gasteiger partial charge in [0.2, 0.25) is 0 Å². The van der Waals surface area contributed by atoms with Crippen LogP contribution in [0.1, 0.15) is 55.0 Å². The largest absolute Gasteiger partial charge is 0.305 e. The molecule has 2 aromatic rings. The summed E-state index contributed by atoms with van der Waals surface area (Å²) in [5.41, 5.74) is 2.68. The highest BCUT2D eigenvalue weighted by Gasteiger charge is 2.27. The molecular formula is C21H26N2O2. The number of pyridine rings is 2. The highest BCUT2D eigenvalue weighted by molar-refractivity contribution is 5.84. The third-order valence-corrected chi connectivity index (χ3v) is 5.17. The Kier molecular flexibility index (Phi) is 5.47. The van der Waals surface area contributed by atoms with Crippen molar-refractivity contribution in [3.63, 3.8) is 0 Å². The van der Waals surface area contributed by atoms with E-state index < -0.39 is 0 Å². The minimum absolute atomic E-state index is 0.0780. The normalized spacial score (nSPS) is 16.1. The van der Waals surface area contributed by atoms with E-state index in [1.54, 1.807) is 23.0 Å². The number of carbonyl (C=O) groups excluding carboxylic acids is 1. The zero-order valence-electron chi connectivity index (χ0n) is 15.1. The van der Waals surface area contributed by atoms with E-state index in [4.69, 9.17) is 0 Å². The molecule has 0 radical (unpaired) electrons. The molecule has 1 saturated carbocycles. The summed E-state index contributed by atoms with van der Waals surface area (Å²) in [6.07, 6.45) is 9.37. The Bertz CT molecular complexity index is 786. The summed E-state index contributed by atoms with van der Waals surface area (Å²) in [5.74, 6) is 0.613. The molecule has 132 valence electrons. The molecule has 0 N–H and O–H groups in total. The monoisotopic (exact) mass is 338 g/mol. The number of aryl methyl sites for hydroxylation is 2. The predicted molar refractivity (Wildman–Crippen MR) is 98.7 cm³/mol. The zero-order valence-corrected chi connectivity index (χ0v) is 15.1. The molecule has 0 saturated heterocycles. The van der Waals surface area contributed by atoms with E-state index in [1.165, 1.54) is 12.8 Å². The average Bonchev–Trinajstić information content (AvgIpc) is 3.08. The molecule has 4 nitrogen and oxygen atoms in total. The molecule has 1 aliphatic rings. The van der Waals surface area contributed by atoms with Crippen LogP contribution in [0.2, 0.25) is 0 Å². The van der Waals surface area contributed by atoms with Gasteiger partial charge in [-0.05, 0) is 49.4 Å². The van der Waals surface area contributed by atoms with Gasteiger partial charge in [-0.25, -0.2) is 0 Å². The predicted octanol–water partition coefficient (Wildman–Crippen LogP) is 3.79. The van der Waals surface area contributed by atoms with Gasteiger partial charge in [0.25, 0.3) is 5.56 Å².